The summed E-state index contributed by atoms with van der Waals surface area (Å²) in [5.74, 6) is 1.50. The van der Waals surface area contributed by atoms with Gasteiger partial charge in [0.05, 0.1) is 12.4 Å². The van der Waals surface area contributed by atoms with Gasteiger partial charge in [0.25, 0.3) is 0 Å². The van der Waals surface area contributed by atoms with Gasteiger partial charge in [-0.25, -0.2) is 0 Å². The molecule has 0 unspecified atom stereocenters. The molecule has 4 heteroatoms. The molecule has 2 aromatic carbocycles. The van der Waals surface area contributed by atoms with Crippen molar-refractivity contribution in [3.63, 3.8) is 0 Å². The van der Waals surface area contributed by atoms with Gasteiger partial charge in [-0.3, -0.25) is 4.79 Å². The van der Waals surface area contributed by atoms with Gasteiger partial charge in [0.2, 0.25) is 5.91 Å². The smallest absolute Gasteiger partial charge is 0.236 e. The quantitative estimate of drug-likeness (QED) is 0.915. The van der Waals surface area contributed by atoms with Gasteiger partial charge in [-0.15, -0.1) is 11.8 Å². The first kappa shape index (κ1) is 16.1. The number of benzene rings is 2. The molecule has 120 valence electrons. The molecule has 3 nitrogen and oxygen atoms in total. The molecule has 0 atom stereocenters. The first-order valence-corrected chi connectivity index (χ1v) is 9.08. The van der Waals surface area contributed by atoms with Crippen molar-refractivity contribution in [2.24, 2.45) is 0 Å². The van der Waals surface area contributed by atoms with E-state index in [1.165, 1.54) is 11.1 Å². The lowest BCUT2D eigenvalue weighted by Crippen LogP contribution is -2.36. The van der Waals surface area contributed by atoms with Crippen LogP contribution in [0.25, 0.3) is 0 Å². The van der Waals surface area contributed by atoms with Gasteiger partial charge in [-0.2, -0.15) is 0 Å². The van der Waals surface area contributed by atoms with Crippen molar-refractivity contribution in [2.75, 3.05) is 17.2 Å². The molecule has 2 aromatic rings. The van der Waals surface area contributed by atoms with Crippen LogP contribution in [0.5, 0.6) is 0 Å². The van der Waals surface area contributed by atoms with Crippen LogP contribution in [0.4, 0.5) is 5.69 Å². The van der Waals surface area contributed by atoms with Crippen LogP contribution in [-0.4, -0.2) is 23.3 Å². The molecule has 0 spiro atoms. The highest BCUT2D eigenvalue weighted by Crippen LogP contribution is 2.27. The Morgan fingerprint density at radius 3 is 2.61 bits per heavy atom. The van der Waals surface area contributed by atoms with Gasteiger partial charge in [0.1, 0.15) is 0 Å². The molecule has 0 fully saturated rings. The molecular formula is C19H21NO2S. The summed E-state index contributed by atoms with van der Waals surface area (Å²) in [6, 6.07) is 16.1. The Morgan fingerprint density at radius 1 is 1.09 bits per heavy atom. The number of para-hydroxylation sites is 1. The summed E-state index contributed by atoms with van der Waals surface area (Å²) >= 11 is 1.64. The molecule has 1 amide bonds. The minimum atomic E-state index is 0.0697. The monoisotopic (exact) mass is 327 g/mol. The number of hydrogen-bond acceptors (Lipinski definition) is 3. The fourth-order valence-electron chi connectivity index (χ4n) is 2.87. The molecule has 1 heterocycles. The number of thioether (sulfide) groups is 1. The first-order valence-electron chi connectivity index (χ1n) is 7.92. The Kier molecular flexibility index (Phi) is 5.36. The average Bonchev–Trinajstić information content (AvgIpc) is 2.61. The summed E-state index contributed by atoms with van der Waals surface area (Å²) in [7, 11) is 0. The highest BCUT2D eigenvalue weighted by molar-refractivity contribution is 7.99. The number of hydrogen-bond donors (Lipinski definition) is 1. The van der Waals surface area contributed by atoms with E-state index in [1.54, 1.807) is 11.8 Å². The number of carbonyl (C=O) groups excluding carboxylic acids is 1. The first-order chi connectivity index (χ1) is 11.3. The van der Waals surface area contributed by atoms with Crippen LogP contribution in [0.1, 0.15) is 23.1 Å². The maximum atomic E-state index is 12.5. The molecule has 3 rings (SSSR count). The Morgan fingerprint density at radius 2 is 1.83 bits per heavy atom. The molecule has 0 aliphatic carbocycles. The number of anilines is 1. The second-order valence-electron chi connectivity index (χ2n) is 5.75. The zero-order valence-electron chi connectivity index (χ0n) is 13.1. The van der Waals surface area contributed by atoms with Gasteiger partial charge in [-0.05, 0) is 35.6 Å². The Bertz CT molecular complexity index is 669. The number of aliphatic hydroxyl groups excluding tert-OH is 1. The normalized spacial score (nSPS) is 13.7. The maximum Gasteiger partial charge on any atom is 0.236 e. The van der Waals surface area contributed by atoms with E-state index in [-0.39, 0.29) is 12.5 Å². The number of carbonyl (C=O) groups is 1. The number of aryl methyl sites for hydroxylation is 1. The second-order valence-corrected chi connectivity index (χ2v) is 6.73. The predicted octanol–water partition coefficient (Wildman–Crippen LogP) is 3.39. The summed E-state index contributed by atoms with van der Waals surface area (Å²) < 4.78 is 0. The van der Waals surface area contributed by atoms with E-state index in [0.717, 1.165) is 36.4 Å². The van der Waals surface area contributed by atoms with E-state index in [9.17, 15) is 4.79 Å². The van der Waals surface area contributed by atoms with Crippen molar-refractivity contribution in [2.45, 2.75) is 25.2 Å². The van der Waals surface area contributed by atoms with Crippen LogP contribution in [0.3, 0.4) is 0 Å². The lowest BCUT2D eigenvalue weighted by Gasteiger charge is -2.29. The van der Waals surface area contributed by atoms with E-state index >= 15 is 0 Å². The zero-order valence-corrected chi connectivity index (χ0v) is 13.9. The number of aliphatic hydroxyl groups is 1. The fourth-order valence-corrected chi connectivity index (χ4v) is 3.73. The Hall–Kier alpha value is -1.78. The molecular weight excluding hydrogens is 306 g/mol. The standard InChI is InChI=1S/C19H21NO2S/c21-12-15-7-9-16(10-8-15)13-23-14-19(22)20-11-3-5-17-4-1-2-6-18(17)20/h1-2,4,6-10,21H,3,5,11-14H2. The molecule has 0 aromatic heterocycles. The third-order valence-corrected chi connectivity index (χ3v) is 5.10. The predicted molar refractivity (Wildman–Crippen MR) is 95.6 cm³/mol. The third-order valence-electron chi connectivity index (χ3n) is 4.11. The summed E-state index contributed by atoms with van der Waals surface area (Å²) in [5.41, 5.74) is 4.45. The van der Waals surface area contributed by atoms with Crippen LogP contribution in [0.2, 0.25) is 0 Å². The van der Waals surface area contributed by atoms with Gasteiger partial charge in [0.15, 0.2) is 0 Å². The van der Waals surface area contributed by atoms with Crippen molar-refractivity contribution in [1.82, 2.24) is 0 Å². The number of nitrogens with zero attached hydrogens (tertiary/aromatic N) is 1. The summed E-state index contributed by atoms with van der Waals surface area (Å²) in [6.45, 7) is 0.891. The third kappa shape index (κ3) is 3.95. The molecule has 0 saturated heterocycles. The molecule has 1 aliphatic rings. The molecule has 1 N–H and O–H groups in total. The Labute approximate surface area is 141 Å². The van der Waals surface area contributed by atoms with Crippen molar-refractivity contribution in [1.29, 1.82) is 0 Å². The van der Waals surface area contributed by atoms with Crippen molar-refractivity contribution < 1.29 is 9.90 Å². The van der Waals surface area contributed by atoms with E-state index < -0.39 is 0 Å². The SMILES string of the molecule is O=C(CSCc1ccc(CO)cc1)N1CCCc2ccccc21. The largest absolute Gasteiger partial charge is 0.392 e. The van der Waals surface area contributed by atoms with Crippen LogP contribution >= 0.6 is 11.8 Å². The van der Waals surface area contributed by atoms with Crippen molar-refractivity contribution >= 4 is 23.4 Å². The van der Waals surface area contributed by atoms with Gasteiger partial charge in [-0.1, -0.05) is 42.5 Å². The maximum absolute atomic E-state index is 12.5. The zero-order chi connectivity index (χ0) is 16.1. The summed E-state index contributed by atoms with van der Waals surface area (Å²) in [6.07, 6.45) is 2.10. The minimum Gasteiger partial charge on any atom is -0.392 e. The molecule has 0 bridgehead atoms. The van der Waals surface area contributed by atoms with Crippen LogP contribution in [0, 0.1) is 0 Å². The Balaban J connectivity index is 1.55. The van der Waals surface area contributed by atoms with Crippen LogP contribution < -0.4 is 4.90 Å². The highest BCUT2D eigenvalue weighted by Gasteiger charge is 2.21. The second kappa shape index (κ2) is 7.66. The minimum absolute atomic E-state index is 0.0697. The van der Waals surface area contributed by atoms with E-state index in [1.807, 2.05) is 47.4 Å². The average molecular weight is 327 g/mol. The summed E-state index contributed by atoms with van der Waals surface area (Å²) in [4.78, 5) is 14.5. The molecule has 23 heavy (non-hydrogen) atoms. The molecule has 0 saturated carbocycles. The van der Waals surface area contributed by atoms with E-state index in [4.69, 9.17) is 5.11 Å². The lowest BCUT2D eigenvalue weighted by atomic mass is 10.0. The highest BCUT2D eigenvalue weighted by atomic mass is 32.2. The van der Waals surface area contributed by atoms with Crippen LogP contribution in [0.15, 0.2) is 48.5 Å². The fraction of sp³-hybridized carbons (Fsp3) is 0.316. The number of amides is 1. The molecule has 0 radical (unpaired) electrons. The van der Waals surface area contributed by atoms with Gasteiger partial charge in [0, 0.05) is 18.0 Å². The summed E-state index contributed by atoms with van der Waals surface area (Å²) in [5, 5.41) is 9.05. The number of rotatable bonds is 5. The molecule has 1 aliphatic heterocycles. The number of fused-ring (bicyclic) bond motifs is 1. The van der Waals surface area contributed by atoms with Crippen LogP contribution in [-0.2, 0) is 23.6 Å². The van der Waals surface area contributed by atoms with E-state index in [2.05, 4.69) is 6.07 Å². The van der Waals surface area contributed by atoms with Gasteiger partial charge >= 0.3 is 0 Å². The van der Waals surface area contributed by atoms with Crippen molar-refractivity contribution in [3.8, 4) is 0 Å². The van der Waals surface area contributed by atoms with Gasteiger partial charge < -0.3 is 10.0 Å². The lowest BCUT2D eigenvalue weighted by molar-refractivity contribution is -0.116. The van der Waals surface area contributed by atoms with E-state index in [0.29, 0.717) is 5.75 Å². The topological polar surface area (TPSA) is 40.5 Å². The van der Waals surface area contributed by atoms with Crippen molar-refractivity contribution in [3.05, 3.63) is 65.2 Å².